The number of nitrogens with zero attached hydrogens (tertiary/aromatic N) is 2. The van der Waals surface area contributed by atoms with Crippen LogP contribution in [0.3, 0.4) is 0 Å². The minimum atomic E-state index is -0.0741. The normalized spacial score (nSPS) is 10.4. The van der Waals surface area contributed by atoms with Gasteiger partial charge in [-0.2, -0.15) is 5.10 Å². The van der Waals surface area contributed by atoms with E-state index in [4.69, 9.17) is 4.74 Å². The molecule has 0 aromatic carbocycles. The van der Waals surface area contributed by atoms with Crippen LogP contribution < -0.4 is 10.9 Å². The maximum Gasteiger partial charge on any atom is 0.268 e. The molecule has 0 saturated heterocycles. The van der Waals surface area contributed by atoms with Crippen LogP contribution in [0.15, 0.2) is 17.1 Å². The fourth-order valence-electron chi connectivity index (χ4n) is 1.36. The van der Waals surface area contributed by atoms with Crippen LogP contribution in [-0.4, -0.2) is 29.5 Å². The molecule has 1 rings (SSSR count). The van der Waals surface area contributed by atoms with Gasteiger partial charge in [0.2, 0.25) is 0 Å². The van der Waals surface area contributed by atoms with E-state index in [1.807, 2.05) is 13.8 Å². The highest BCUT2D eigenvalue weighted by atomic mass is 16.5. The number of hydrogen-bond acceptors (Lipinski definition) is 4. The van der Waals surface area contributed by atoms with Gasteiger partial charge in [-0.15, -0.1) is 0 Å². The van der Waals surface area contributed by atoms with E-state index in [0.717, 1.165) is 18.7 Å². The van der Waals surface area contributed by atoms with Crippen LogP contribution in [0, 0.1) is 0 Å². The molecule has 0 radical (unpaired) electrons. The average molecular weight is 225 g/mol. The molecular formula is C11H19N3O2. The van der Waals surface area contributed by atoms with Crippen LogP contribution in [0.2, 0.25) is 0 Å². The van der Waals surface area contributed by atoms with Crippen molar-refractivity contribution in [2.45, 2.75) is 26.8 Å². The van der Waals surface area contributed by atoms with Gasteiger partial charge in [-0.3, -0.25) is 4.79 Å². The summed E-state index contributed by atoms with van der Waals surface area (Å²) in [6.07, 6.45) is 2.48. The first-order valence-electron chi connectivity index (χ1n) is 5.66. The molecule has 0 unspecified atom stereocenters. The van der Waals surface area contributed by atoms with Gasteiger partial charge in [0.25, 0.3) is 5.56 Å². The molecule has 0 fully saturated rings. The predicted molar refractivity (Wildman–Crippen MR) is 63.8 cm³/mol. The second kappa shape index (κ2) is 7.00. The topological polar surface area (TPSA) is 56.1 Å². The molecule has 0 bridgehead atoms. The molecule has 90 valence electrons. The lowest BCUT2D eigenvalue weighted by Crippen LogP contribution is -2.23. The zero-order chi connectivity index (χ0) is 11.8. The van der Waals surface area contributed by atoms with Crippen molar-refractivity contribution < 1.29 is 4.74 Å². The van der Waals surface area contributed by atoms with Crippen LogP contribution in [0.5, 0.6) is 0 Å². The number of aromatic nitrogens is 2. The van der Waals surface area contributed by atoms with E-state index in [1.54, 1.807) is 12.3 Å². The van der Waals surface area contributed by atoms with Gasteiger partial charge in [0.05, 0.1) is 11.9 Å². The van der Waals surface area contributed by atoms with Crippen LogP contribution >= 0.6 is 0 Å². The fraction of sp³-hybridized carbons (Fsp3) is 0.636. The van der Waals surface area contributed by atoms with Crippen molar-refractivity contribution in [1.82, 2.24) is 9.78 Å². The maximum absolute atomic E-state index is 11.6. The Morgan fingerprint density at radius 2 is 2.31 bits per heavy atom. The molecule has 1 N–H and O–H groups in total. The first-order chi connectivity index (χ1) is 7.77. The van der Waals surface area contributed by atoms with Gasteiger partial charge in [-0.1, -0.05) is 0 Å². The smallest absolute Gasteiger partial charge is 0.268 e. The number of ether oxygens (including phenoxy) is 1. The Labute approximate surface area is 95.4 Å². The maximum atomic E-state index is 11.6. The molecule has 0 spiro atoms. The Morgan fingerprint density at radius 1 is 1.50 bits per heavy atom. The molecule has 0 aliphatic heterocycles. The summed E-state index contributed by atoms with van der Waals surface area (Å²) in [6.45, 7) is 6.70. The van der Waals surface area contributed by atoms with E-state index < -0.39 is 0 Å². The minimum absolute atomic E-state index is 0.0741. The van der Waals surface area contributed by atoms with Gasteiger partial charge in [0.1, 0.15) is 0 Å². The summed E-state index contributed by atoms with van der Waals surface area (Å²) in [4.78, 5) is 11.6. The van der Waals surface area contributed by atoms with E-state index in [2.05, 4.69) is 10.4 Å². The highest BCUT2D eigenvalue weighted by Gasteiger charge is 1.99. The summed E-state index contributed by atoms with van der Waals surface area (Å²) in [6, 6.07) is 1.57. The molecule has 5 nitrogen and oxygen atoms in total. The minimum Gasteiger partial charge on any atom is -0.384 e. The van der Waals surface area contributed by atoms with Gasteiger partial charge in [0.15, 0.2) is 0 Å². The largest absolute Gasteiger partial charge is 0.384 e. The van der Waals surface area contributed by atoms with E-state index in [1.165, 1.54) is 4.68 Å². The molecule has 0 amide bonds. The quantitative estimate of drug-likeness (QED) is 0.706. The summed E-state index contributed by atoms with van der Waals surface area (Å²) in [5.41, 5.74) is 0.698. The van der Waals surface area contributed by atoms with Crippen LogP contribution in [0.1, 0.15) is 20.3 Å². The molecule has 1 heterocycles. The van der Waals surface area contributed by atoms with Crippen molar-refractivity contribution >= 4 is 5.69 Å². The van der Waals surface area contributed by atoms with Crippen LogP contribution in [0.4, 0.5) is 5.69 Å². The van der Waals surface area contributed by atoms with E-state index in [9.17, 15) is 4.79 Å². The lowest BCUT2D eigenvalue weighted by molar-refractivity contribution is 0.140. The molecule has 0 saturated carbocycles. The highest BCUT2D eigenvalue weighted by molar-refractivity contribution is 5.38. The molecule has 5 heteroatoms. The number of rotatable bonds is 7. The van der Waals surface area contributed by atoms with Crippen molar-refractivity contribution in [3.05, 3.63) is 22.6 Å². The summed E-state index contributed by atoms with van der Waals surface area (Å²) in [5.74, 6) is 0. The zero-order valence-corrected chi connectivity index (χ0v) is 9.90. The summed E-state index contributed by atoms with van der Waals surface area (Å²) in [5, 5.41) is 7.13. The number of aryl methyl sites for hydroxylation is 1. The second-order valence-corrected chi connectivity index (χ2v) is 3.39. The third kappa shape index (κ3) is 4.02. The van der Waals surface area contributed by atoms with Crippen molar-refractivity contribution in [2.75, 3.05) is 25.1 Å². The van der Waals surface area contributed by atoms with Gasteiger partial charge in [-0.05, 0) is 20.3 Å². The van der Waals surface area contributed by atoms with E-state index >= 15 is 0 Å². The molecular weight excluding hydrogens is 206 g/mol. The Kier molecular flexibility index (Phi) is 5.56. The van der Waals surface area contributed by atoms with Gasteiger partial charge >= 0.3 is 0 Å². The Bertz CT molecular complexity index is 362. The Morgan fingerprint density at radius 3 is 2.94 bits per heavy atom. The first kappa shape index (κ1) is 12.7. The van der Waals surface area contributed by atoms with Gasteiger partial charge in [-0.25, -0.2) is 4.68 Å². The van der Waals surface area contributed by atoms with Crippen LogP contribution in [0.25, 0.3) is 0 Å². The SMILES string of the molecule is CCNc1cnn(CCCOCC)c(=O)c1. The zero-order valence-electron chi connectivity index (χ0n) is 9.90. The number of anilines is 1. The molecule has 1 aromatic heterocycles. The fourth-order valence-corrected chi connectivity index (χ4v) is 1.36. The van der Waals surface area contributed by atoms with Crippen molar-refractivity contribution in [3.8, 4) is 0 Å². The summed E-state index contributed by atoms with van der Waals surface area (Å²) >= 11 is 0. The van der Waals surface area contributed by atoms with Crippen LogP contribution in [-0.2, 0) is 11.3 Å². The van der Waals surface area contributed by atoms with Crippen molar-refractivity contribution in [2.24, 2.45) is 0 Å². The van der Waals surface area contributed by atoms with Gasteiger partial charge in [0, 0.05) is 32.4 Å². The molecule has 0 atom stereocenters. The molecule has 0 aliphatic carbocycles. The standard InChI is InChI=1S/C11H19N3O2/c1-3-12-10-8-11(15)14(13-9-10)6-5-7-16-4-2/h8-9,12H,3-7H2,1-2H3. The predicted octanol–water partition coefficient (Wildman–Crippen LogP) is 1.10. The van der Waals surface area contributed by atoms with E-state index in [0.29, 0.717) is 19.8 Å². The average Bonchev–Trinajstić information content (AvgIpc) is 2.27. The van der Waals surface area contributed by atoms with Crippen molar-refractivity contribution in [1.29, 1.82) is 0 Å². The number of nitrogens with one attached hydrogen (secondary N) is 1. The Hall–Kier alpha value is -1.36. The first-order valence-corrected chi connectivity index (χ1v) is 5.66. The summed E-state index contributed by atoms with van der Waals surface area (Å²) < 4.78 is 6.66. The third-order valence-electron chi connectivity index (χ3n) is 2.11. The van der Waals surface area contributed by atoms with Gasteiger partial charge < -0.3 is 10.1 Å². The Balaban J connectivity index is 2.51. The lowest BCUT2D eigenvalue weighted by atomic mass is 10.4. The van der Waals surface area contributed by atoms with E-state index in [-0.39, 0.29) is 5.56 Å². The molecule has 0 aliphatic rings. The molecule has 1 aromatic rings. The summed E-state index contributed by atoms with van der Waals surface area (Å²) in [7, 11) is 0. The number of hydrogen-bond donors (Lipinski definition) is 1. The third-order valence-corrected chi connectivity index (χ3v) is 2.11. The monoisotopic (exact) mass is 225 g/mol. The second-order valence-electron chi connectivity index (χ2n) is 3.39. The lowest BCUT2D eigenvalue weighted by Gasteiger charge is -2.06. The van der Waals surface area contributed by atoms with Crippen molar-refractivity contribution in [3.63, 3.8) is 0 Å². The molecule has 16 heavy (non-hydrogen) atoms. The highest BCUT2D eigenvalue weighted by Crippen LogP contribution is 1.98.